The zero-order chi connectivity index (χ0) is 13.2. The molecular formula is C17H25NO. The average molecular weight is 259 g/mol. The molecule has 1 saturated carbocycles. The Balaban J connectivity index is 1.65. The van der Waals surface area contributed by atoms with Gasteiger partial charge >= 0.3 is 0 Å². The van der Waals surface area contributed by atoms with Gasteiger partial charge in [0.1, 0.15) is 5.75 Å². The predicted molar refractivity (Wildman–Crippen MR) is 78.2 cm³/mol. The summed E-state index contributed by atoms with van der Waals surface area (Å²) in [6.07, 6.45) is 7.09. The highest BCUT2D eigenvalue weighted by Crippen LogP contribution is 2.36. The van der Waals surface area contributed by atoms with Gasteiger partial charge in [-0.3, -0.25) is 4.90 Å². The third-order valence-corrected chi connectivity index (χ3v) is 5.00. The second-order valence-electron chi connectivity index (χ2n) is 6.46. The third kappa shape index (κ3) is 2.94. The molecule has 2 fully saturated rings. The Morgan fingerprint density at radius 2 is 1.95 bits per heavy atom. The van der Waals surface area contributed by atoms with Gasteiger partial charge in [0, 0.05) is 18.7 Å². The fourth-order valence-corrected chi connectivity index (χ4v) is 3.90. The van der Waals surface area contributed by atoms with Crippen LogP contribution in [-0.4, -0.2) is 23.1 Å². The molecule has 1 aromatic rings. The molecule has 0 aromatic heterocycles. The first kappa shape index (κ1) is 13.0. The van der Waals surface area contributed by atoms with E-state index in [0.29, 0.717) is 5.75 Å². The van der Waals surface area contributed by atoms with Gasteiger partial charge < -0.3 is 5.11 Å². The van der Waals surface area contributed by atoms with E-state index in [9.17, 15) is 5.11 Å². The van der Waals surface area contributed by atoms with Gasteiger partial charge in [0.05, 0.1) is 0 Å². The summed E-state index contributed by atoms with van der Waals surface area (Å²) in [6, 6.07) is 5.94. The maximum absolute atomic E-state index is 9.97. The molecule has 2 heteroatoms. The first-order valence-electron chi connectivity index (χ1n) is 7.73. The van der Waals surface area contributed by atoms with Crippen molar-refractivity contribution in [2.75, 3.05) is 13.1 Å². The quantitative estimate of drug-likeness (QED) is 0.875. The molecular weight excluding hydrogens is 234 g/mol. The number of piperidine rings is 1. The lowest BCUT2D eigenvalue weighted by Crippen LogP contribution is -2.41. The number of aryl methyl sites for hydroxylation is 1. The molecule has 2 unspecified atom stereocenters. The average Bonchev–Trinajstić information content (AvgIpc) is 2.43. The molecule has 2 atom stereocenters. The van der Waals surface area contributed by atoms with Crippen molar-refractivity contribution in [2.24, 2.45) is 11.8 Å². The monoisotopic (exact) mass is 259 g/mol. The van der Waals surface area contributed by atoms with Crippen LogP contribution in [0.1, 0.15) is 43.2 Å². The summed E-state index contributed by atoms with van der Waals surface area (Å²) in [5.41, 5.74) is 2.33. The fraction of sp³-hybridized carbons (Fsp3) is 0.647. The van der Waals surface area contributed by atoms with Crippen molar-refractivity contribution in [1.29, 1.82) is 0 Å². The molecule has 0 amide bonds. The maximum Gasteiger partial charge on any atom is 0.120 e. The number of rotatable bonds is 2. The summed E-state index contributed by atoms with van der Waals surface area (Å²) in [5.74, 6) is 2.35. The Labute approximate surface area is 116 Å². The summed E-state index contributed by atoms with van der Waals surface area (Å²) in [5, 5.41) is 9.97. The van der Waals surface area contributed by atoms with Gasteiger partial charge in [-0.15, -0.1) is 0 Å². The largest absolute Gasteiger partial charge is 0.508 e. The number of fused-ring (bicyclic) bond motifs is 1. The van der Waals surface area contributed by atoms with Gasteiger partial charge in [-0.2, -0.15) is 0 Å². The number of phenolic OH excluding ortho intramolecular Hbond substituents is 1. The molecule has 2 aliphatic rings. The molecule has 19 heavy (non-hydrogen) atoms. The lowest BCUT2D eigenvalue weighted by molar-refractivity contribution is 0.0815. The molecule has 1 aliphatic heterocycles. The van der Waals surface area contributed by atoms with Crippen LogP contribution >= 0.6 is 0 Å². The summed E-state index contributed by atoms with van der Waals surface area (Å²) in [4.78, 5) is 2.54. The van der Waals surface area contributed by atoms with Crippen LogP contribution in [0.15, 0.2) is 18.2 Å². The van der Waals surface area contributed by atoms with Crippen LogP contribution in [0.2, 0.25) is 0 Å². The molecule has 104 valence electrons. The summed E-state index contributed by atoms with van der Waals surface area (Å²) in [7, 11) is 0. The van der Waals surface area contributed by atoms with Crippen LogP contribution in [0.5, 0.6) is 5.75 Å². The second-order valence-corrected chi connectivity index (χ2v) is 6.46. The zero-order valence-electron chi connectivity index (χ0n) is 11.9. The van der Waals surface area contributed by atoms with Gasteiger partial charge in [-0.1, -0.05) is 37.0 Å². The van der Waals surface area contributed by atoms with E-state index in [1.807, 2.05) is 12.1 Å². The van der Waals surface area contributed by atoms with Crippen LogP contribution in [0.4, 0.5) is 0 Å². The smallest absolute Gasteiger partial charge is 0.120 e. The molecule has 1 saturated heterocycles. The molecule has 0 spiro atoms. The van der Waals surface area contributed by atoms with Gasteiger partial charge in [-0.05, 0) is 44.2 Å². The van der Waals surface area contributed by atoms with Crippen LogP contribution < -0.4 is 0 Å². The summed E-state index contributed by atoms with van der Waals surface area (Å²) >= 11 is 0. The Morgan fingerprint density at radius 3 is 2.79 bits per heavy atom. The zero-order valence-corrected chi connectivity index (χ0v) is 11.9. The van der Waals surface area contributed by atoms with Crippen LogP contribution in [-0.2, 0) is 6.54 Å². The number of hydrogen-bond donors (Lipinski definition) is 1. The standard InChI is InChI=1S/C17H25NO/c1-13-6-7-17(19)16(10-13)12-18-9-8-14-4-2-3-5-15(14)11-18/h6-7,10,14-15,19H,2-5,8-9,11-12H2,1H3. The minimum absolute atomic E-state index is 0.455. The highest BCUT2D eigenvalue weighted by atomic mass is 16.3. The Hall–Kier alpha value is -1.02. The topological polar surface area (TPSA) is 23.5 Å². The molecule has 1 N–H and O–H groups in total. The van der Waals surface area contributed by atoms with E-state index < -0.39 is 0 Å². The Bertz CT molecular complexity index is 443. The number of aromatic hydroxyl groups is 1. The van der Waals surface area contributed by atoms with Crippen LogP contribution in [0.3, 0.4) is 0 Å². The van der Waals surface area contributed by atoms with Crippen molar-refractivity contribution in [3.8, 4) is 5.75 Å². The fourth-order valence-electron chi connectivity index (χ4n) is 3.90. The van der Waals surface area contributed by atoms with Gasteiger partial charge in [-0.25, -0.2) is 0 Å². The SMILES string of the molecule is Cc1ccc(O)c(CN2CCC3CCCCC3C2)c1. The number of nitrogens with zero attached hydrogens (tertiary/aromatic N) is 1. The molecule has 1 heterocycles. The lowest BCUT2D eigenvalue weighted by Gasteiger charge is -2.41. The van der Waals surface area contributed by atoms with E-state index in [1.54, 1.807) is 0 Å². The Morgan fingerprint density at radius 1 is 1.16 bits per heavy atom. The first-order chi connectivity index (χ1) is 9.22. The number of hydrogen-bond acceptors (Lipinski definition) is 2. The maximum atomic E-state index is 9.97. The van der Waals surface area contributed by atoms with Crippen molar-refractivity contribution in [3.63, 3.8) is 0 Å². The highest BCUT2D eigenvalue weighted by Gasteiger charge is 2.31. The van der Waals surface area contributed by atoms with E-state index in [0.717, 1.165) is 23.9 Å². The molecule has 3 rings (SSSR count). The molecule has 1 aromatic carbocycles. The van der Waals surface area contributed by atoms with Gasteiger partial charge in [0.2, 0.25) is 0 Å². The highest BCUT2D eigenvalue weighted by molar-refractivity contribution is 5.35. The number of benzene rings is 1. The van der Waals surface area contributed by atoms with Crippen LogP contribution in [0, 0.1) is 18.8 Å². The predicted octanol–water partition coefficient (Wildman–Crippen LogP) is 3.71. The second kappa shape index (κ2) is 5.54. The van der Waals surface area contributed by atoms with Gasteiger partial charge in [0.15, 0.2) is 0 Å². The first-order valence-corrected chi connectivity index (χ1v) is 7.73. The summed E-state index contributed by atoms with van der Waals surface area (Å²) in [6.45, 7) is 5.44. The van der Waals surface area contributed by atoms with Crippen molar-refractivity contribution in [1.82, 2.24) is 4.90 Å². The van der Waals surface area contributed by atoms with E-state index in [1.165, 1.54) is 50.8 Å². The molecule has 2 nitrogen and oxygen atoms in total. The van der Waals surface area contributed by atoms with E-state index >= 15 is 0 Å². The third-order valence-electron chi connectivity index (χ3n) is 5.00. The molecule has 0 bridgehead atoms. The Kier molecular flexibility index (Phi) is 3.79. The number of phenols is 1. The van der Waals surface area contributed by atoms with Gasteiger partial charge in [0.25, 0.3) is 0 Å². The number of likely N-dealkylation sites (tertiary alicyclic amines) is 1. The van der Waals surface area contributed by atoms with Crippen LogP contribution in [0.25, 0.3) is 0 Å². The van der Waals surface area contributed by atoms with Crippen molar-refractivity contribution in [3.05, 3.63) is 29.3 Å². The lowest BCUT2D eigenvalue weighted by atomic mass is 9.75. The normalized spacial score (nSPS) is 28.1. The van der Waals surface area contributed by atoms with E-state index in [4.69, 9.17) is 0 Å². The molecule has 1 aliphatic carbocycles. The van der Waals surface area contributed by atoms with Crippen molar-refractivity contribution in [2.45, 2.75) is 45.6 Å². The minimum atomic E-state index is 0.455. The van der Waals surface area contributed by atoms with Crippen molar-refractivity contribution >= 4 is 0 Å². The summed E-state index contributed by atoms with van der Waals surface area (Å²) < 4.78 is 0. The van der Waals surface area contributed by atoms with Crippen molar-refractivity contribution < 1.29 is 5.11 Å². The van der Waals surface area contributed by atoms with E-state index in [2.05, 4.69) is 17.9 Å². The minimum Gasteiger partial charge on any atom is -0.508 e. The van der Waals surface area contributed by atoms with E-state index in [-0.39, 0.29) is 0 Å². The molecule has 0 radical (unpaired) electrons.